The second kappa shape index (κ2) is 3.89. The average molecular weight is 170 g/mol. The number of hydrogen-bond acceptors (Lipinski definition) is 4. The predicted octanol–water partition coefficient (Wildman–Crippen LogP) is 0.723. The van der Waals surface area contributed by atoms with Crippen LogP contribution < -0.4 is 5.84 Å². The summed E-state index contributed by atoms with van der Waals surface area (Å²) < 4.78 is 0. The van der Waals surface area contributed by atoms with Crippen LogP contribution in [0.2, 0.25) is 0 Å². The van der Waals surface area contributed by atoms with Gasteiger partial charge in [-0.2, -0.15) is 15.6 Å². The third-order valence-corrected chi connectivity index (χ3v) is 1.54. The minimum atomic E-state index is 0.305. The van der Waals surface area contributed by atoms with E-state index in [0.717, 1.165) is 0 Å². The first-order valence-electron chi connectivity index (χ1n) is 3.50. The number of nitrogens with zero attached hydrogens (tertiary/aromatic N) is 3. The minimum absolute atomic E-state index is 0.305. The van der Waals surface area contributed by atoms with E-state index in [4.69, 9.17) is 16.4 Å². The lowest BCUT2D eigenvalue weighted by Crippen LogP contribution is -1.93. The van der Waals surface area contributed by atoms with Crippen molar-refractivity contribution in [3.63, 3.8) is 0 Å². The lowest BCUT2D eigenvalue weighted by Gasteiger charge is -1.97. The van der Waals surface area contributed by atoms with Crippen LogP contribution >= 0.6 is 0 Å². The van der Waals surface area contributed by atoms with Crippen LogP contribution in [0.4, 0.5) is 0 Å². The smallest absolute Gasteiger partial charge is 0.101 e. The molecule has 0 atom stereocenters. The van der Waals surface area contributed by atoms with E-state index in [1.165, 1.54) is 6.21 Å². The van der Waals surface area contributed by atoms with Crippen molar-refractivity contribution < 1.29 is 0 Å². The molecule has 1 aromatic carbocycles. The zero-order valence-corrected chi connectivity index (χ0v) is 6.73. The standard InChI is InChI=1S/C9H6N4/c10-4-7-2-1-3-8(6-13-12)9(7)5-11/h1-3,6H,12H2. The molecule has 0 saturated heterocycles. The van der Waals surface area contributed by atoms with Crippen molar-refractivity contribution in [1.29, 1.82) is 10.5 Å². The van der Waals surface area contributed by atoms with Crippen molar-refractivity contribution in [2.75, 3.05) is 0 Å². The Kier molecular flexibility index (Phi) is 2.62. The molecule has 0 aliphatic carbocycles. The van der Waals surface area contributed by atoms with Crippen molar-refractivity contribution in [2.45, 2.75) is 0 Å². The molecule has 0 saturated carbocycles. The molecule has 4 heteroatoms. The maximum atomic E-state index is 8.75. The summed E-state index contributed by atoms with van der Waals surface area (Å²) in [6, 6.07) is 8.78. The van der Waals surface area contributed by atoms with E-state index in [1.54, 1.807) is 18.2 Å². The lowest BCUT2D eigenvalue weighted by molar-refractivity contribution is 1.26. The summed E-state index contributed by atoms with van der Waals surface area (Å²) in [7, 11) is 0. The van der Waals surface area contributed by atoms with Crippen molar-refractivity contribution in [3.05, 3.63) is 34.9 Å². The van der Waals surface area contributed by atoms with Crippen LogP contribution in [0.3, 0.4) is 0 Å². The maximum absolute atomic E-state index is 8.75. The fraction of sp³-hybridized carbons (Fsp3) is 0. The van der Waals surface area contributed by atoms with Gasteiger partial charge in [-0.25, -0.2) is 0 Å². The summed E-state index contributed by atoms with van der Waals surface area (Å²) >= 11 is 0. The molecule has 2 N–H and O–H groups in total. The average Bonchev–Trinajstić information content (AvgIpc) is 2.18. The Bertz CT molecular complexity index is 420. The molecule has 0 amide bonds. The Morgan fingerprint density at radius 3 is 2.62 bits per heavy atom. The molecule has 0 heterocycles. The Balaban J connectivity index is 3.40. The molecule has 62 valence electrons. The Morgan fingerprint density at radius 1 is 1.31 bits per heavy atom. The predicted molar refractivity (Wildman–Crippen MR) is 47.7 cm³/mol. The minimum Gasteiger partial charge on any atom is -0.323 e. The zero-order valence-electron chi connectivity index (χ0n) is 6.73. The highest BCUT2D eigenvalue weighted by Crippen LogP contribution is 2.10. The normalized spacial score (nSPS) is 9.38. The monoisotopic (exact) mass is 170 g/mol. The zero-order chi connectivity index (χ0) is 9.68. The van der Waals surface area contributed by atoms with Gasteiger partial charge >= 0.3 is 0 Å². The second-order valence-electron chi connectivity index (χ2n) is 2.27. The Labute approximate surface area is 75.5 Å². The van der Waals surface area contributed by atoms with Gasteiger partial charge in [0, 0.05) is 5.56 Å². The summed E-state index contributed by atoms with van der Waals surface area (Å²) in [6.07, 6.45) is 1.35. The van der Waals surface area contributed by atoms with Crippen LogP contribution in [0.1, 0.15) is 16.7 Å². The quantitative estimate of drug-likeness (QED) is 0.382. The summed E-state index contributed by atoms with van der Waals surface area (Å²) in [6.45, 7) is 0. The molecule has 0 aromatic heterocycles. The summed E-state index contributed by atoms with van der Waals surface area (Å²) in [4.78, 5) is 0. The first-order valence-corrected chi connectivity index (χ1v) is 3.50. The maximum Gasteiger partial charge on any atom is 0.101 e. The van der Waals surface area contributed by atoms with Gasteiger partial charge in [0.05, 0.1) is 17.3 Å². The van der Waals surface area contributed by atoms with Gasteiger partial charge in [0.2, 0.25) is 0 Å². The van der Waals surface area contributed by atoms with Crippen LogP contribution in [0.5, 0.6) is 0 Å². The fourth-order valence-corrected chi connectivity index (χ4v) is 0.976. The van der Waals surface area contributed by atoms with Gasteiger partial charge in [0.25, 0.3) is 0 Å². The first-order chi connectivity index (χ1) is 6.33. The molecule has 0 bridgehead atoms. The van der Waals surface area contributed by atoms with Crippen LogP contribution in [-0.2, 0) is 0 Å². The molecule has 13 heavy (non-hydrogen) atoms. The highest BCUT2D eigenvalue weighted by atomic mass is 15.1. The molecule has 4 nitrogen and oxygen atoms in total. The van der Waals surface area contributed by atoms with E-state index < -0.39 is 0 Å². The molecule has 0 aliphatic rings. The largest absolute Gasteiger partial charge is 0.323 e. The van der Waals surface area contributed by atoms with Crippen LogP contribution in [0.15, 0.2) is 23.3 Å². The van der Waals surface area contributed by atoms with E-state index in [-0.39, 0.29) is 0 Å². The van der Waals surface area contributed by atoms with Gasteiger partial charge in [0.15, 0.2) is 0 Å². The SMILES string of the molecule is N#Cc1cccc(C=NN)c1C#N. The Hall–Kier alpha value is -2.33. The highest BCUT2D eigenvalue weighted by molar-refractivity contribution is 5.84. The molecular weight excluding hydrogens is 164 g/mol. The Morgan fingerprint density at radius 2 is 2.08 bits per heavy atom. The van der Waals surface area contributed by atoms with Gasteiger partial charge < -0.3 is 5.84 Å². The molecular formula is C9H6N4. The highest BCUT2D eigenvalue weighted by Gasteiger charge is 2.04. The molecule has 1 rings (SSSR count). The molecule has 1 aromatic rings. The van der Waals surface area contributed by atoms with Crippen LogP contribution in [0, 0.1) is 22.7 Å². The van der Waals surface area contributed by atoms with E-state index >= 15 is 0 Å². The number of nitrogens with two attached hydrogens (primary N) is 1. The number of nitriles is 2. The van der Waals surface area contributed by atoms with Gasteiger partial charge in [-0.15, -0.1) is 0 Å². The summed E-state index contributed by atoms with van der Waals surface area (Å²) in [5, 5.41) is 20.7. The van der Waals surface area contributed by atoms with E-state index in [0.29, 0.717) is 16.7 Å². The molecule has 0 fully saturated rings. The van der Waals surface area contributed by atoms with Crippen molar-refractivity contribution in [1.82, 2.24) is 0 Å². The van der Waals surface area contributed by atoms with E-state index in [2.05, 4.69) is 5.10 Å². The third kappa shape index (κ3) is 1.63. The van der Waals surface area contributed by atoms with Gasteiger partial charge in [0.1, 0.15) is 12.1 Å². The van der Waals surface area contributed by atoms with Crippen LogP contribution in [0.25, 0.3) is 0 Å². The fourth-order valence-electron chi connectivity index (χ4n) is 0.976. The summed E-state index contributed by atoms with van der Waals surface area (Å²) in [5.74, 6) is 4.95. The van der Waals surface area contributed by atoms with Crippen molar-refractivity contribution in [3.8, 4) is 12.1 Å². The van der Waals surface area contributed by atoms with Gasteiger partial charge in [-0.1, -0.05) is 12.1 Å². The molecule has 0 radical (unpaired) electrons. The van der Waals surface area contributed by atoms with E-state index in [1.807, 2.05) is 12.1 Å². The summed E-state index contributed by atoms with van der Waals surface area (Å²) in [5.41, 5.74) is 1.20. The van der Waals surface area contributed by atoms with Crippen molar-refractivity contribution >= 4 is 6.21 Å². The lowest BCUT2D eigenvalue weighted by atomic mass is 10.0. The molecule has 0 spiro atoms. The molecule has 0 aliphatic heterocycles. The first kappa shape index (κ1) is 8.76. The number of hydrogen-bond donors (Lipinski definition) is 1. The van der Waals surface area contributed by atoms with E-state index in [9.17, 15) is 0 Å². The number of rotatable bonds is 1. The number of benzene rings is 1. The van der Waals surface area contributed by atoms with Crippen LogP contribution in [-0.4, -0.2) is 6.21 Å². The third-order valence-electron chi connectivity index (χ3n) is 1.54. The number of hydrazone groups is 1. The molecule has 0 unspecified atom stereocenters. The topological polar surface area (TPSA) is 86.0 Å². The second-order valence-corrected chi connectivity index (χ2v) is 2.27. The van der Waals surface area contributed by atoms with Gasteiger partial charge in [-0.05, 0) is 6.07 Å². The van der Waals surface area contributed by atoms with Gasteiger partial charge in [-0.3, -0.25) is 0 Å². The van der Waals surface area contributed by atoms with Crippen molar-refractivity contribution in [2.24, 2.45) is 10.9 Å².